The first-order valence-electron chi connectivity index (χ1n) is 4.52. The molecule has 15 heavy (non-hydrogen) atoms. The van der Waals surface area contributed by atoms with Gasteiger partial charge in [-0.15, -0.1) is 0 Å². The number of hydrogen-bond donors (Lipinski definition) is 1. The largest absolute Gasteiger partial charge is 0.380 e. The van der Waals surface area contributed by atoms with Gasteiger partial charge in [0.15, 0.2) is 0 Å². The van der Waals surface area contributed by atoms with Crippen LogP contribution in [0.15, 0.2) is 18.2 Å². The third kappa shape index (κ3) is 3.65. The van der Waals surface area contributed by atoms with E-state index in [0.717, 1.165) is 5.69 Å². The lowest BCUT2D eigenvalue weighted by molar-refractivity contribution is -0.385. The Balaban J connectivity index is 2.97. The highest BCUT2D eigenvalue weighted by Crippen LogP contribution is 2.25. The summed E-state index contributed by atoms with van der Waals surface area (Å²) in [5.41, 5.74) is 1.01. The fraction of sp³-hybridized carbons (Fsp3) is 0.400. The first-order valence-corrected chi connectivity index (χ1v) is 5.59. The predicted octanol–water partition coefficient (Wildman–Crippen LogP) is 3.41. The summed E-state index contributed by atoms with van der Waals surface area (Å²) in [7, 11) is 0. The number of nitro groups is 1. The molecule has 82 valence electrons. The molecule has 0 aliphatic carbocycles. The van der Waals surface area contributed by atoms with Crippen molar-refractivity contribution in [3.05, 3.63) is 31.9 Å². The number of nitro benzene ring substituents is 1. The van der Waals surface area contributed by atoms with E-state index in [1.54, 1.807) is 12.1 Å². The van der Waals surface area contributed by atoms with Crippen LogP contribution in [0.2, 0.25) is 0 Å². The molecule has 0 aliphatic heterocycles. The van der Waals surface area contributed by atoms with E-state index in [0.29, 0.717) is 3.57 Å². The van der Waals surface area contributed by atoms with E-state index in [4.69, 9.17) is 0 Å². The Hall–Kier alpha value is -0.850. The molecule has 1 aromatic rings. The highest BCUT2D eigenvalue weighted by Gasteiger charge is 2.14. The molecule has 0 saturated heterocycles. The number of nitrogens with one attached hydrogen (secondary N) is 1. The summed E-state index contributed by atoms with van der Waals surface area (Å²) in [6.07, 6.45) is 0. The van der Waals surface area contributed by atoms with E-state index in [2.05, 4.69) is 5.32 Å². The number of benzene rings is 1. The van der Waals surface area contributed by atoms with Crippen LogP contribution in [0, 0.1) is 13.7 Å². The van der Waals surface area contributed by atoms with E-state index in [-0.39, 0.29) is 16.1 Å². The van der Waals surface area contributed by atoms with E-state index in [1.165, 1.54) is 6.07 Å². The van der Waals surface area contributed by atoms with Crippen LogP contribution in [-0.4, -0.2) is 10.5 Å². The molecular formula is C10H13IN2O2. The summed E-state index contributed by atoms with van der Waals surface area (Å²) in [6.45, 7) is 6.13. The van der Waals surface area contributed by atoms with Gasteiger partial charge in [-0.2, -0.15) is 0 Å². The second kappa shape index (κ2) is 4.34. The van der Waals surface area contributed by atoms with Gasteiger partial charge in [-0.05, 0) is 55.5 Å². The normalized spacial score (nSPS) is 11.2. The highest BCUT2D eigenvalue weighted by atomic mass is 127. The number of nitrogens with zero attached hydrogens (tertiary/aromatic N) is 1. The lowest BCUT2D eigenvalue weighted by atomic mass is 10.1. The first-order chi connectivity index (χ1) is 6.79. The molecule has 0 unspecified atom stereocenters. The van der Waals surface area contributed by atoms with Crippen LogP contribution in [0.25, 0.3) is 0 Å². The highest BCUT2D eigenvalue weighted by molar-refractivity contribution is 14.1. The van der Waals surface area contributed by atoms with Crippen LogP contribution in [-0.2, 0) is 0 Å². The molecule has 0 atom stereocenters. The van der Waals surface area contributed by atoms with Gasteiger partial charge >= 0.3 is 0 Å². The Bertz CT molecular complexity index is 385. The van der Waals surface area contributed by atoms with Crippen molar-refractivity contribution in [1.29, 1.82) is 0 Å². The number of anilines is 1. The predicted molar refractivity (Wildman–Crippen MR) is 69.2 cm³/mol. The zero-order chi connectivity index (χ0) is 11.6. The van der Waals surface area contributed by atoms with Crippen molar-refractivity contribution in [2.45, 2.75) is 26.3 Å². The zero-order valence-corrected chi connectivity index (χ0v) is 11.0. The van der Waals surface area contributed by atoms with E-state index in [1.807, 2.05) is 43.4 Å². The third-order valence-corrected chi connectivity index (χ3v) is 2.53. The van der Waals surface area contributed by atoms with Crippen molar-refractivity contribution >= 4 is 34.0 Å². The average molecular weight is 320 g/mol. The maximum Gasteiger partial charge on any atom is 0.282 e. The Morgan fingerprint density at radius 3 is 2.40 bits per heavy atom. The fourth-order valence-electron chi connectivity index (χ4n) is 1.17. The van der Waals surface area contributed by atoms with Gasteiger partial charge in [0.2, 0.25) is 0 Å². The Labute approximate surface area is 102 Å². The molecular weight excluding hydrogens is 307 g/mol. The number of halogens is 1. The summed E-state index contributed by atoms with van der Waals surface area (Å²) in [5.74, 6) is 0. The molecule has 1 aromatic carbocycles. The standard InChI is InChI=1S/C10H13IN2O2/c1-10(2,3)12-7-4-5-9(13(14)15)8(11)6-7/h4-6,12H,1-3H3. The van der Waals surface area contributed by atoms with Gasteiger partial charge < -0.3 is 5.32 Å². The molecule has 0 aliphatic rings. The van der Waals surface area contributed by atoms with Gasteiger partial charge in [0, 0.05) is 17.3 Å². The van der Waals surface area contributed by atoms with Crippen molar-refractivity contribution in [3.8, 4) is 0 Å². The van der Waals surface area contributed by atoms with Crippen LogP contribution in [0.4, 0.5) is 11.4 Å². The summed E-state index contributed by atoms with van der Waals surface area (Å²) in [5, 5.41) is 13.9. The number of hydrogen-bond acceptors (Lipinski definition) is 3. The minimum atomic E-state index is -0.372. The second-order valence-electron chi connectivity index (χ2n) is 4.30. The third-order valence-electron chi connectivity index (χ3n) is 1.66. The monoisotopic (exact) mass is 320 g/mol. The molecule has 0 amide bonds. The number of rotatable bonds is 2. The van der Waals surface area contributed by atoms with Gasteiger partial charge in [0.1, 0.15) is 0 Å². The Morgan fingerprint density at radius 2 is 2.00 bits per heavy atom. The minimum Gasteiger partial charge on any atom is -0.380 e. The second-order valence-corrected chi connectivity index (χ2v) is 5.46. The molecule has 1 N–H and O–H groups in total. The van der Waals surface area contributed by atoms with Gasteiger partial charge in [0.25, 0.3) is 5.69 Å². The molecule has 0 saturated carbocycles. The smallest absolute Gasteiger partial charge is 0.282 e. The molecule has 5 heteroatoms. The molecule has 0 aromatic heterocycles. The van der Waals surface area contributed by atoms with Crippen molar-refractivity contribution in [3.63, 3.8) is 0 Å². The molecule has 0 spiro atoms. The molecule has 1 rings (SSSR count). The van der Waals surface area contributed by atoms with Crippen LogP contribution in [0.5, 0.6) is 0 Å². The van der Waals surface area contributed by atoms with Crippen molar-refractivity contribution in [2.75, 3.05) is 5.32 Å². The minimum absolute atomic E-state index is 0.0424. The van der Waals surface area contributed by atoms with Crippen molar-refractivity contribution in [1.82, 2.24) is 0 Å². The van der Waals surface area contributed by atoms with E-state index < -0.39 is 0 Å². The van der Waals surface area contributed by atoms with Crippen LogP contribution in [0.1, 0.15) is 20.8 Å². The SMILES string of the molecule is CC(C)(C)Nc1ccc([N+](=O)[O-])c(I)c1. The Morgan fingerprint density at radius 1 is 1.40 bits per heavy atom. The van der Waals surface area contributed by atoms with Gasteiger partial charge in [-0.25, -0.2) is 0 Å². The average Bonchev–Trinajstić information content (AvgIpc) is 1.99. The summed E-state index contributed by atoms with van der Waals surface area (Å²) in [4.78, 5) is 10.2. The topological polar surface area (TPSA) is 55.2 Å². The molecule has 4 nitrogen and oxygen atoms in total. The van der Waals surface area contributed by atoms with Crippen LogP contribution in [0.3, 0.4) is 0 Å². The molecule has 0 fully saturated rings. The van der Waals surface area contributed by atoms with Gasteiger partial charge in [-0.1, -0.05) is 0 Å². The molecule has 0 bridgehead atoms. The quantitative estimate of drug-likeness (QED) is 0.516. The lowest BCUT2D eigenvalue weighted by Crippen LogP contribution is -2.26. The Kier molecular flexibility index (Phi) is 3.54. The van der Waals surface area contributed by atoms with Gasteiger partial charge in [-0.3, -0.25) is 10.1 Å². The van der Waals surface area contributed by atoms with E-state index in [9.17, 15) is 10.1 Å². The van der Waals surface area contributed by atoms with Gasteiger partial charge in [0.05, 0.1) is 8.49 Å². The zero-order valence-electron chi connectivity index (χ0n) is 8.87. The van der Waals surface area contributed by atoms with Crippen LogP contribution < -0.4 is 5.32 Å². The van der Waals surface area contributed by atoms with E-state index >= 15 is 0 Å². The fourth-order valence-corrected chi connectivity index (χ4v) is 1.88. The summed E-state index contributed by atoms with van der Waals surface area (Å²) < 4.78 is 0.645. The maximum atomic E-state index is 10.6. The lowest BCUT2D eigenvalue weighted by Gasteiger charge is -2.22. The maximum absolute atomic E-state index is 10.6. The summed E-state index contributed by atoms with van der Waals surface area (Å²) >= 11 is 1.97. The van der Waals surface area contributed by atoms with Crippen molar-refractivity contribution < 1.29 is 4.92 Å². The first kappa shape index (κ1) is 12.2. The molecule has 0 heterocycles. The summed E-state index contributed by atoms with van der Waals surface area (Å²) in [6, 6.07) is 5.03. The van der Waals surface area contributed by atoms with Crippen LogP contribution >= 0.6 is 22.6 Å². The molecule has 0 radical (unpaired) electrons. The van der Waals surface area contributed by atoms with Crippen molar-refractivity contribution in [2.24, 2.45) is 0 Å².